The van der Waals surface area contributed by atoms with Crippen molar-refractivity contribution in [3.8, 4) is 0 Å². The Kier molecular flexibility index (Phi) is 6.64. The van der Waals surface area contributed by atoms with Gasteiger partial charge >= 0.3 is 0 Å². The van der Waals surface area contributed by atoms with Crippen molar-refractivity contribution in [2.75, 3.05) is 39.3 Å². The molecule has 1 aromatic rings. The lowest BCUT2D eigenvalue weighted by molar-refractivity contribution is 0.113. The zero-order valence-electron chi connectivity index (χ0n) is 17.0. The minimum atomic E-state index is -3.48. The molecule has 0 bridgehead atoms. The predicted octanol–water partition coefficient (Wildman–Crippen LogP) is 2.34. The second-order valence-electron chi connectivity index (χ2n) is 8.49. The summed E-state index contributed by atoms with van der Waals surface area (Å²) in [6.45, 7) is 9.95. The van der Waals surface area contributed by atoms with Crippen LogP contribution in [0, 0.1) is 0 Å². The van der Waals surface area contributed by atoms with Crippen LogP contribution in [-0.2, 0) is 20.2 Å². The number of thiocarbonyl (C=S) groups is 1. The topological polar surface area (TPSA) is 61.9 Å². The number of nitrogens with one attached hydrogen (secondary N) is 1. The third kappa shape index (κ3) is 5.03. The third-order valence-corrected chi connectivity index (χ3v) is 7.70. The Morgan fingerprint density at radius 1 is 1.18 bits per heavy atom. The fourth-order valence-corrected chi connectivity index (χ4v) is 5.21. The van der Waals surface area contributed by atoms with Crippen LogP contribution < -0.4 is 5.32 Å². The minimum absolute atomic E-state index is 0.000149. The Balaban J connectivity index is 1.55. The molecule has 156 valence electrons. The van der Waals surface area contributed by atoms with Crippen molar-refractivity contribution < 1.29 is 13.2 Å². The van der Waals surface area contributed by atoms with E-state index in [1.54, 1.807) is 16.4 Å². The molecule has 0 amide bonds. The largest absolute Gasteiger partial charge is 0.376 e. The molecule has 2 aliphatic heterocycles. The Morgan fingerprint density at radius 3 is 2.36 bits per heavy atom. The summed E-state index contributed by atoms with van der Waals surface area (Å²) >= 11 is 5.47. The number of benzene rings is 1. The van der Waals surface area contributed by atoms with Crippen molar-refractivity contribution in [1.82, 2.24) is 14.5 Å². The van der Waals surface area contributed by atoms with Gasteiger partial charge in [0.2, 0.25) is 10.0 Å². The van der Waals surface area contributed by atoms with Crippen LogP contribution >= 0.6 is 12.2 Å². The van der Waals surface area contributed by atoms with E-state index in [4.69, 9.17) is 17.0 Å². The van der Waals surface area contributed by atoms with Crippen LogP contribution in [-0.4, -0.2) is 68.2 Å². The molecule has 28 heavy (non-hydrogen) atoms. The summed E-state index contributed by atoms with van der Waals surface area (Å²) in [5.74, 6) is 0. The molecule has 8 heteroatoms. The number of nitrogens with zero attached hydrogens (tertiary/aromatic N) is 2. The lowest BCUT2D eigenvalue weighted by Crippen LogP contribution is -2.53. The van der Waals surface area contributed by atoms with Gasteiger partial charge in [-0.1, -0.05) is 32.9 Å². The standard InChI is InChI=1S/C20H31N3O3S2/c1-20(2,3)16-6-8-18(9-7-16)28(24,25)23-12-10-22(11-13-23)19(27)21-15-17-5-4-14-26-17/h6-9,17H,4-5,10-15H2,1-3H3,(H,21,27)/t17-/m0/s1. The Labute approximate surface area is 174 Å². The molecule has 2 saturated heterocycles. The smallest absolute Gasteiger partial charge is 0.243 e. The van der Waals surface area contributed by atoms with Gasteiger partial charge in [0, 0.05) is 39.3 Å². The number of sulfonamides is 1. The van der Waals surface area contributed by atoms with Gasteiger partial charge < -0.3 is 15.0 Å². The molecule has 0 aliphatic carbocycles. The second-order valence-corrected chi connectivity index (χ2v) is 10.8. The molecule has 1 aromatic carbocycles. The van der Waals surface area contributed by atoms with Gasteiger partial charge in [-0.2, -0.15) is 4.31 Å². The maximum atomic E-state index is 13.0. The van der Waals surface area contributed by atoms with E-state index >= 15 is 0 Å². The highest BCUT2D eigenvalue weighted by Crippen LogP contribution is 2.25. The monoisotopic (exact) mass is 425 g/mol. The summed E-state index contributed by atoms with van der Waals surface area (Å²) in [7, 11) is -3.48. The molecule has 0 saturated carbocycles. The fraction of sp³-hybridized carbons (Fsp3) is 0.650. The van der Waals surface area contributed by atoms with Crippen LogP contribution in [0.2, 0.25) is 0 Å². The first kappa shape index (κ1) is 21.5. The summed E-state index contributed by atoms with van der Waals surface area (Å²) < 4.78 is 33.1. The van der Waals surface area contributed by atoms with Gasteiger partial charge in [0.15, 0.2) is 5.11 Å². The van der Waals surface area contributed by atoms with Crippen LogP contribution in [0.25, 0.3) is 0 Å². The molecular weight excluding hydrogens is 394 g/mol. The molecule has 0 aromatic heterocycles. The predicted molar refractivity (Wildman–Crippen MR) is 115 cm³/mol. The zero-order chi connectivity index (χ0) is 20.4. The van der Waals surface area contributed by atoms with E-state index in [1.807, 2.05) is 17.0 Å². The molecule has 0 spiro atoms. The number of hydrogen-bond donors (Lipinski definition) is 1. The van der Waals surface area contributed by atoms with Gasteiger partial charge in [-0.05, 0) is 48.2 Å². The van der Waals surface area contributed by atoms with E-state index in [9.17, 15) is 8.42 Å². The molecule has 6 nitrogen and oxygen atoms in total. The maximum Gasteiger partial charge on any atom is 0.243 e. The zero-order valence-corrected chi connectivity index (χ0v) is 18.6. The number of rotatable bonds is 4. The lowest BCUT2D eigenvalue weighted by atomic mass is 9.87. The van der Waals surface area contributed by atoms with Gasteiger partial charge in [0.25, 0.3) is 0 Å². The van der Waals surface area contributed by atoms with Crippen molar-refractivity contribution in [1.29, 1.82) is 0 Å². The van der Waals surface area contributed by atoms with Crippen molar-refractivity contribution >= 4 is 27.4 Å². The van der Waals surface area contributed by atoms with E-state index in [0.717, 1.165) is 31.6 Å². The van der Waals surface area contributed by atoms with E-state index in [2.05, 4.69) is 26.1 Å². The summed E-state index contributed by atoms with van der Waals surface area (Å²) in [6.07, 6.45) is 2.40. The van der Waals surface area contributed by atoms with E-state index in [-0.39, 0.29) is 11.5 Å². The number of ether oxygens (including phenoxy) is 1. The summed E-state index contributed by atoms with van der Waals surface area (Å²) in [5.41, 5.74) is 1.12. The lowest BCUT2D eigenvalue weighted by Gasteiger charge is -2.35. The molecule has 3 rings (SSSR count). The number of hydrogen-bond acceptors (Lipinski definition) is 4. The van der Waals surface area contributed by atoms with Gasteiger partial charge in [0.1, 0.15) is 0 Å². The quantitative estimate of drug-likeness (QED) is 0.747. The van der Waals surface area contributed by atoms with E-state index < -0.39 is 10.0 Å². The SMILES string of the molecule is CC(C)(C)c1ccc(S(=O)(=O)N2CCN(C(=S)NC[C@@H]3CCCO3)CC2)cc1. The van der Waals surface area contributed by atoms with Crippen LogP contribution in [0.1, 0.15) is 39.2 Å². The second kappa shape index (κ2) is 8.65. The van der Waals surface area contributed by atoms with Crippen LogP contribution in [0.4, 0.5) is 0 Å². The van der Waals surface area contributed by atoms with Crippen LogP contribution in [0.3, 0.4) is 0 Å². The van der Waals surface area contributed by atoms with E-state index in [1.165, 1.54) is 0 Å². The van der Waals surface area contributed by atoms with Gasteiger partial charge in [0.05, 0.1) is 11.0 Å². The molecule has 2 heterocycles. The molecule has 2 fully saturated rings. The number of piperazine rings is 1. The Hall–Kier alpha value is -1.22. The Bertz CT molecular complexity index is 774. The van der Waals surface area contributed by atoms with Crippen molar-refractivity contribution in [2.24, 2.45) is 0 Å². The fourth-order valence-electron chi connectivity index (χ4n) is 3.53. The van der Waals surface area contributed by atoms with Gasteiger partial charge in [-0.15, -0.1) is 0 Å². The first-order valence-corrected chi connectivity index (χ1v) is 11.8. The van der Waals surface area contributed by atoms with Crippen LogP contribution in [0.5, 0.6) is 0 Å². The average molecular weight is 426 g/mol. The molecular formula is C20H31N3O3S2. The maximum absolute atomic E-state index is 13.0. The van der Waals surface area contributed by atoms with Crippen LogP contribution in [0.15, 0.2) is 29.2 Å². The third-order valence-electron chi connectivity index (χ3n) is 5.39. The van der Waals surface area contributed by atoms with Crippen molar-refractivity contribution in [3.05, 3.63) is 29.8 Å². The average Bonchev–Trinajstić information content (AvgIpc) is 3.19. The van der Waals surface area contributed by atoms with Crippen molar-refractivity contribution in [3.63, 3.8) is 0 Å². The highest BCUT2D eigenvalue weighted by Gasteiger charge is 2.29. The molecule has 2 aliphatic rings. The summed E-state index contributed by atoms with van der Waals surface area (Å²) in [6, 6.07) is 7.26. The molecule has 0 radical (unpaired) electrons. The van der Waals surface area contributed by atoms with E-state index in [0.29, 0.717) is 36.2 Å². The first-order valence-electron chi connectivity index (χ1n) is 9.93. The van der Waals surface area contributed by atoms with Gasteiger partial charge in [-0.3, -0.25) is 0 Å². The molecule has 1 atom stereocenters. The normalized spacial score (nSPS) is 21.7. The van der Waals surface area contributed by atoms with Gasteiger partial charge in [-0.25, -0.2) is 8.42 Å². The molecule has 1 N–H and O–H groups in total. The van der Waals surface area contributed by atoms with Crippen molar-refractivity contribution in [2.45, 2.75) is 50.0 Å². The Morgan fingerprint density at radius 2 is 1.82 bits per heavy atom. The first-order chi connectivity index (χ1) is 13.2. The molecule has 0 unspecified atom stereocenters. The highest BCUT2D eigenvalue weighted by atomic mass is 32.2. The highest BCUT2D eigenvalue weighted by molar-refractivity contribution is 7.89. The summed E-state index contributed by atoms with van der Waals surface area (Å²) in [4.78, 5) is 2.40. The minimum Gasteiger partial charge on any atom is -0.376 e. The summed E-state index contributed by atoms with van der Waals surface area (Å²) in [5, 5.41) is 3.95.